The van der Waals surface area contributed by atoms with E-state index in [1.54, 1.807) is 48.5 Å². The third kappa shape index (κ3) is 6.09. The maximum Gasteiger partial charge on any atom is 0.338 e. The van der Waals surface area contributed by atoms with E-state index in [1.165, 1.54) is 12.1 Å². The normalized spacial score (nSPS) is 14.2. The summed E-state index contributed by atoms with van der Waals surface area (Å²) < 4.78 is 46.0. The van der Waals surface area contributed by atoms with Crippen LogP contribution >= 0.6 is 0 Å². The molecule has 0 aliphatic heterocycles. The fourth-order valence-electron chi connectivity index (χ4n) is 2.60. The van der Waals surface area contributed by atoms with Crippen LogP contribution in [0.1, 0.15) is 36.2 Å². The zero-order valence-corrected chi connectivity index (χ0v) is 16.9. The van der Waals surface area contributed by atoms with Gasteiger partial charge in [-0.25, -0.2) is 13.6 Å². The van der Waals surface area contributed by atoms with Crippen LogP contribution in [0.2, 0.25) is 0 Å². The summed E-state index contributed by atoms with van der Waals surface area (Å²) in [7, 11) is -1.77. The number of aryl methyl sites for hydroxylation is 1. The van der Waals surface area contributed by atoms with Crippen molar-refractivity contribution in [1.29, 1.82) is 0 Å². The third-order valence-electron chi connectivity index (χ3n) is 4.15. The molecule has 0 fully saturated rings. The van der Waals surface area contributed by atoms with Crippen molar-refractivity contribution in [2.75, 3.05) is 0 Å². The summed E-state index contributed by atoms with van der Waals surface area (Å²) in [6.45, 7) is 5.55. The minimum atomic E-state index is -2.96. The van der Waals surface area contributed by atoms with Crippen molar-refractivity contribution in [3.05, 3.63) is 77.4 Å². The number of alkyl halides is 2. The van der Waals surface area contributed by atoms with Gasteiger partial charge in [0.1, 0.15) is 0 Å². The zero-order chi connectivity index (χ0) is 20.7. The second kappa shape index (κ2) is 10.3. The fourth-order valence-corrected chi connectivity index (χ4v) is 4.04. The summed E-state index contributed by atoms with van der Waals surface area (Å²) in [5.74, 6) is -0.853. The summed E-state index contributed by atoms with van der Waals surface area (Å²) in [6.07, 6.45) is -2.90. The van der Waals surface area contributed by atoms with Crippen molar-refractivity contribution >= 4 is 16.8 Å². The Balaban J connectivity index is 2.33. The van der Waals surface area contributed by atoms with Crippen molar-refractivity contribution in [3.8, 4) is 0 Å². The molecule has 1 unspecified atom stereocenters. The summed E-state index contributed by atoms with van der Waals surface area (Å²) in [5, 5.41) is -1.06. The number of ether oxygens (including phenoxy) is 1. The predicted octanol–water partition coefficient (Wildman–Crippen LogP) is 5.32. The molecule has 0 aromatic heterocycles. The van der Waals surface area contributed by atoms with Gasteiger partial charge in [0, 0.05) is 4.90 Å². The van der Waals surface area contributed by atoms with Gasteiger partial charge >= 0.3 is 5.97 Å². The van der Waals surface area contributed by atoms with Gasteiger partial charge in [0.2, 0.25) is 0 Å². The Morgan fingerprint density at radius 2 is 1.68 bits per heavy atom. The first-order valence-corrected chi connectivity index (χ1v) is 10.2. The van der Waals surface area contributed by atoms with E-state index in [9.17, 15) is 17.8 Å². The fraction of sp³-hybridized carbons (Fsp3) is 0.318. The van der Waals surface area contributed by atoms with Crippen LogP contribution in [0, 0.1) is 6.92 Å². The van der Waals surface area contributed by atoms with Crippen LogP contribution in [0.25, 0.3) is 0 Å². The zero-order valence-electron chi connectivity index (χ0n) is 16.1. The maximum absolute atomic E-state index is 13.9. The Morgan fingerprint density at radius 3 is 2.21 bits per heavy atom. The molecule has 150 valence electrons. The van der Waals surface area contributed by atoms with E-state index in [1.807, 2.05) is 20.8 Å². The Bertz CT molecular complexity index is 829. The van der Waals surface area contributed by atoms with Crippen molar-refractivity contribution in [3.63, 3.8) is 0 Å². The molecule has 0 aliphatic rings. The van der Waals surface area contributed by atoms with Crippen molar-refractivity contribution in [1.82, 2.24) is 0 Å². The van der Waals surface area contributed by atoms with Crippen LogP contribution in [0.5, 0.6) is 0 Å². The highest BCUT2D eigenvalue weighted by atomic mass is 32.2. The smallest absolute Gasteiger partial charge is 0.338 e. The Morgan fingerprint density at radius 1 is 1.07 bits per heavy atom. The average Bonchev–Trinajstić information content (AvgIpc) is 2.67. The maximum atomic E-state index is 13.9. The van der Waals surface area contributed by atoms with E-state index in [0.717, 1.165) is 11.1 Å². The Kier molecular flexibility index (Phi) is 8.05. The number of allylic oxidation sites excluding steroid dienone is 2. The lowest BCUT2D eigenvalue weighted by Crippen LogP contribution is -2.40. The second-order valence-electron chi connectivity index (χ2n) is 6.74. The summed E-state index contributed by atoms with van der Waals surface area (Å²) in [4.78, 5) is 12.8. The first-order chi connectivity index (χ1) is 13.3. The lowest BCUT2D eigenvalue weighted by atomic mass is 10.1. The van der Waals surface area contributed by atoms with Crippen LogP contribution in [-0.2, 0) is 15.5 Å². The summed E-state index contributed by atoms with van der Waals surface area (Å²) in [5.41, 5.74) is 2.06. The van der Waals surface area contributed by atoms with E-state index >= 15 is 0 Å². The molecule has 0 heterocycles. The second-order valence-corrected chi connectivity index (χ2v) is 8.41. The van der Waals surface area contributed by atoms with E-state index in [-0.39, 0.29) is 12.0 Å². The number of carbonyl (C=O) groups excluding carboxylic acids is 1. The number of halogens is 2. The topological polar surface area (TPSA) is 43.4 Å². The van der Waals surface area contributed by atoms with Gasteiger partial charge in [0.05, 0.1) is 21.6 Å². The highest BCUT2D eigenvalue weighted by Crippen LogP contribution is 2.25. The summed E-state index contributed by atoms with van der Waals surface area (Å²) in [6, 6.07) is 14.8. The predicted molar refractivity (Wildman–Crippen MR) is 107 cm³/mol. The van der Waals surface area contributed by atoms with Gasteiger partial charge in [-0.1, -0.05) is 47.5 Å². The molecule has 3 nitrogen and oxygen atoms in total. The molecule has 6 heteroatoms. The first-order valence-electron chi connectivity index (χ1n) is 8.94. The van der Waals surface area contributed by atoms with E-state index in [2.05, 4.69) is 0 Å². The molecule has 0 amide bonds. The van der Waals surface area contributed by atoms with E-state index in [0.29, 0.717) is 4.90 Å². The number of hydrogen-bond acceptors (Lipinski definition) is 3. The van der Waals surface area contributed by atoms with Gasteiger partial charge in [0.25, 0.3) is 6.43 Å². The highest BCUT2D eigenvalue weighted by molar-refractivity contribution is 7.85. The molecule has 28 heavy (non-hydrogen) atoms. The van der Waals surface area contributed by atoms with Gasteiger partial charge in [-0.2, -0.15) is 0 Å². The third-order valence-corrected chi connectivity index (χ3v) is 5.90. The molecular formula is C22H24F2O3S. The molecular weight excluding hydrogens is 382 g/mol. The highest BCUT2D eigenvalue weighted by Gasteiger charge is 2.37. The Labute approximate surface area is 166 Å². The lowest BCUT2D eigenvalue weighted by Gasteiger charge is -2.25. The number of rotatable bonds is 8. The minimum Gasteiger partial charge on any atom is -0.451 e. The van der Waals surface area contributed by atoms with Gasteiger partial charge in [-0.3, -0.25) is 4.21 Å². The molecule has 0 spiro atoms. The van der Waals surface area contributed by atoms with Crippen LogP contribution in [0.4, 0.5) is 8.78 Å². The number of esters is 1. The monoisotopic (exact) mass is 406 g/mol. The minimum absolute atomic E-state index is 0.111. The molecule has 0 aliphatic carbocycles. The number of hydrogen-bond donors (Lipinski definition) is 0. The van der Waals surface area contributed by atoms with E-state index in [4.69, 9.17) is 4.74 Å². The Hall–Kier alpha value is -2.34. The molecule has 2 aromatic carbocycles. The van der Waals surface area contributed by atoms with Crippen LogP contribution in [-0.4, -0.2) is 28.0 Å². The van der Waals surface area contributed by atoms with Gasteiger partial charge in [-0.15, -0.1) is 0 Å². The summed E-state index contributed by atoms with van der Waals surface area (Å²) >= 11 is 0. The SMILES string of the molecule is CC(C)=CC[C@H]([C@@H](OC(=O)c1ccccc1)C(F)F)S(=O)c1ccc(C)cc1. The molecule has 0 bridgehead atoms. The van der Waals surface area contributed by atoms with Gasteiger partial charge in [-0.05, 0) is 51.5 Å². The molecule has 0 N–H and O–H groups in total. The molecule has 2 aromatic rings. The van der Waals surface area contributed by atoms with Crippen molar-refractivity contribution in [2.24, 2.45) is 0 Å². The van der Waals surface area contributed by atoms with Crippen LogP contribution in [0.3, 0.4) is 0 Å². The van der Waals surface area contributed by atoms with Gasteiger partial charge in [0.15, 0.2) is 6.10 Å². The molecule has 0 saturated heterocycles. The van der Waals surface area contributed by atoms with Crippen molar-refractivity contribution in [2.45, 2.75) is 49.9 Å². The first kappa shape index (κ1) is 22.0. The lowest BCUT2D eigenvalue weighted by molar-refractivity contribution is -0.0340. The molecule has 3 atom stereocenters. The number of benzene rings is 2. The molecule has 0 saturated carbocycles. The molecule has 0 radical (unpaired) electrons. The number of carbonyl (C=O) groups is 1. The average molecular weight is 406 g/mol. The quantitative estimate of drug-likeness (QED) is 0.440. The standard InChI is InChI=1S/C22H24F2O3S/c1-15(2)9-14-19(28(26)18-12-10-16(3)11-13-18)20(21(23)24)27-22(25)17-7-5-4-6-8-17/h4-13,19-21H,14H2,1-3H3/t19-,20-,28?/m1/s1. The van der Waals surface area contributed by atoms with Gasteiger partial charge < -0.3 is 4.74 Å². The van der Waals surface area contributed by atoms with Crippen LogP contribution in [0.15, 0.2) is 71.1 Å². The van der Waals surface area contributed by atoms with Crippen molar-refractivity contribution < 1.29 is 22.5 Å². The van der Waals surface area contributed by atoms with E-state index < -0.39 is 34.5 Å². The largest absolute Gasteiger partial charge is 0.451 e. The molecule has 2 rings (SSSR count). The van der Waals surface area contributed by atoms with Crippen LogP contribution < -0.4 is 0 Å².